The lowest BCUT2D eigenvalue weighted by atomic mass is 9.97. The fourth-order valence-corrected chi connectivity index (χ4v) is 1.27. The highest BCUT2D eigenvalue weighted by Gasteiger charge is 2.12. The molecule has 22 heavy (non-hydrogen) atoms. The first kappa shape index (κ1) is 21.1. The molecule has 1 amide bonds. The number of hydrogen-bond acceptors (Lipinski definition) is 6. The van der Waals surface area contributed by atoms with Crippen LogP contribution in [0.4, 0.5) is 4.79 Å². The van der Waals surface area contributed by atoms with Crippen LogP contribution in [0.25, 0.3) is 0 Å². The van der Waals surface area contributed by atoms with E-state index in [1.807, 2.05) is 20.8 Å². The van der Waals surface area contributed by atoms with Gasteiger partial charge in [-0.2, -0.15) is 0 Å². The number of carbonyl (C=O) groups is 1. The number of ether oxygens (including phenoxy) is 5. The van der Waals surface area contributed by atoms with Gasteiger partial charge in [-0.3, -0.25) is 0 Å². The first-order chi connectivity index (χ1) is 10.5. The molecular weight excluding hydrogens is 290 g/mol. The van der Waals surface area contributed by atoms with Gasteiger partial charge in [0, 0.05) is 13.7 Å². The van der Waals surface area contributed by atoms with Crippen molar-refractivity contribution in [3.63, 3.8) is 0 Å². The summed E-state index contributed by atoms with van der Waals surface area (Å²) >= 11 is 0. The van der Waals surface area contributed by atoms with Crippen molar-refractivity contribution >= 4 is 6.09 Å². The van der Waals surface area contributed by atoms with Gasteiger partial charge >= 0.3 is 6.09 Å². The minimum Gasteiger partial charge on any atom is -0.447 e. The van der Waals surface area contributed by atoms with Crippen LogP contribution in [0.1, 0.15) is 20.8 Å². The standard InChI is InChI=1S/C15H31NO6/c1-15(2,3)13-16-14(17)22-12-11-21-10-9-20-8-7-19-6-5-18-4/h5-13H2,1-4H3,(H,16,17). The molecule has 0 atom stereocenters. The molecule has 0 spiro atoms. The molecule has 0 aromatic carbocycles. The molecule has 0 fully saturated rings. The number of nitrogens with one attached hydrogen (secondary N) is 1. The average molecular weight is 321 g/mol. The molecule has 0 aromatic rings. The topological polar surface area (TPSA) is 75.2 Å². The Morgan fingerprint density at radius 1 is 0.818 bits per heavy atom. The highest BCUT2D eigenvalue weighted by molar-refractivity contribution is 5.67. The van der Waals surface area contributed by atoms with E-state index in [0.29, 0.717) is 52.8 Å². The first-order valence-electron chi connectivity index (χ1n) is 7.58. The fraction of sp³-hybridized carbons (Fsp3) is 0.933. The monoisotopic (exact) mass is 321 g/mol. The normalized spacial score (nSPS) is 11.5. The number of carbonyl (C=O) groups excluding carboxylic acids is 1. The summed E-state index contributed by atoms with van der Waals surface area (Å²) in [5.41, 5.74) is 0.0418. The molecule has 0 bridgehead atoms. The highest BCUT2D eigenvalue weighted by Crippen LogP contribution is 2.10. The Morgan fingerprint density at radius 2 is 1.27 bits per heavy atom. The summed E-state index contributed by atoms with van der Waals surface area (Å²) in [5, 5.41) is 2.70. The van der Waals surface area contributed by atoms with E-state index < -0.39 is 6.09 Å². The average Bonchev–Trinajstić information content (AvgIpc) is 2.45. The molecule has 7 nitrogen and oxygen atoms in total. The second-order valence-electron chi connectivity index (χ2n) is 5.88. The van der Waals surface area contributed by atoms with Gasteiger partial charge < -0.3 is 29.0 Å². The van der Waals surface area contributed by atoms with Gasteiger partial charge in [0.1, 0.15) is 6.61 Å². The third-order valence-corrected chi connectivity index (χ3v) is 2.40. The maximum Gasteiger partial charge on any atom is 0.407 e. The number of amides is 1. The Hall–Kier alpha value is -0.890. The molecule has 0 saturated carbocycles. The Labute approximate surface area is 133 Å². The Kier molecular flexibility index (Phi) is 13.2. The first-order valence-corrected chi connectivity index (χ1v) is 7.58. The van der Waals surface area contributed by atoms with E-state index in [2.05, 4.69) is 5.32 Å². The van der Waals surface area contributed by atoms with E-state index in [0.717, 1.165) is 0 Å². The number of alkyl carbamates (subject to hydrolysis) is 1. The van der Waals surface area contributed by atoms with Gasteiger partial charge in [0.05, 0.1) is 46.2 Å². The smallest absolute Gasteiger partial charge is 0.407 e. The summed E-state index contributed by atoms with van der Waals surface area (Å²) in [7, 11) is 1.63. The summed E-state index contributed by atoms with van der Waals surface area (Å²) in [6.07, 6.45) is -0.414. The predicted molar refractivity (Wildman–Crippen MR) is 83.1 cm³/mol. The van der Waals surface area contributed by atoms with Gasteiger partial charge in [-0.05, 0) is 5.41 Å². The predicted octanol–water partition coefficient (Wildman–Crippen LogP) is 1.45. The van der Waals surface area contributed by atoms with Crippen molar-refractivity contribution in [2.75, 3.05) is 66.5 Å². The van der Waals surface area contributed by atoms with E-state index in [-0.39, 0.29) is 12.0 Å². The van der Waals surface area contributed by atoms with Crippen LogP contribution in [0, 0.1) is 5.41 Å². The summed E-state index contributed by atoms with van der Waals surface area (Å²) in [5.74, 6) is 0. The van der Waals surface area contributed by atoms with Crippen molar-refractivity contribution in [2.45, 2.75) is 20.8 Å². The molecule has 0 saturated heterocycles. The van der Waals surface area contributed by atoms with Crippen LogP contribution in [0.15, 0.2) is 0 Å². The van der Waals surface area contributed by atoms with Crippen molar-refractivity contribution < 1.29 is 28.5 Å². The van der Waals surface area contributed by atoms with Crippen molar-refractivity contribution in [1.82, 2.24) is 5.32 Å². The number of rotatable bonds is 13. The molecule has 0 aliphatic rings. The summed E-state index contributed by atoms with van der Waals surface area (Å²) in [6, 6.07) is 0. The van der Waals surface area contributed by atoms with E-state index >= 15 is 0 Å². The van der Waals surface area contributed by atoms with Gasteiger partial charge in [-0.1, -0.05) is 20.8 Å². The van der Waals surface area contributed by atoms with Crippen LogP contribution in [-0.2, 0) is 23.7 Å². The van der Waals surface area contributed by atoms with Crippen LogP contribution in [0.2, 0.25) is 0 Å². The van der Waals surface area contributed by atoms with E-state index in [9.17, 15) is 4.79 Å². The molecule has 1 N–H and O–H groups in total. The van der Waals surface area contributed by atoms with Gasteiger partial charge in [0.25, 0.3) is 0 Å². The number of methoxy groups -OCH3 is 1. The largest absolute Gasteiger partial charge is 0.447 e. The highest BCUT2D eigenvalue weighted by atomic mass is 16.6. The second kappa shape index (κ2) is 13.8. The van der Waals surface area contributed by atoms with Gasteiger partial charge in [-0.15, -0.1) is 0 Å². The zero-order chi connectivity index (χ0) is 16.7. The third-order valence-electron chi connectivity index (χ3n) is 2.40. The van der Waals surface area contributed by atoms with Crippen molar-refractivity contribution in [2.24, 2.45) is 5.41 Å². The quantitative estimate of drug-likeness (QED) is 0.518. The van der Waals surface area contributed by atoms with Crippen molar-refractivity contribution in [3.05, 3.63) is 0 Å². The summed E-state index contributed by atoms with van der Waals surface area (Å²) in [6.45, 7) is 10.5. The lowest BCUT2D eigenvalue weighted by Crippen LogP contribution is -2.33. The molecule has 7 heteroatoms. The summed E-state index contributed by atoms with van der Waals surface area (Å²) in [4.78, 5) is 11.3. The van der Waals surface area contributed by atoms with Crippen molar-refractivity contribution in [3.8, 4) is 0 Å². The minimum atomic E-state index is -0.414. The molecule has 0 heterocycles. The van der Waals surface area contributed by atoms with E-state index in [1.165, 1.54) is 0 Å². The van der Waals surface area contributed by atoms with Crippen LogP contribution < -0.4 is 5.32 Å². The molecule has 0 rings (SSSR count). The lowest BCUT2D eigenvalue weighted by molar-refractivity contribution is -0.00235. The van der Waals surface area contributed by atoms with Gasteiger partial charge in [0.15, 0.2) is 0 Å². The zero-order valence-electron chi connectivity index (χ0n) is 14.3. The molecule has 0 aliphatic carbocycles. The SMILES string of the molecule is COCCOCCOCCOCCOC(=O)NCC(C)(C)C. The Balaban J connectivity index is 3.18. The van der Waals surface area contributed by atoms with Gasteiger partial charge in [0.2, 0.25) is 0 Å². The van der Waals surface area contributed by atoms with Gasteiger partial charge in [-0.25, -0.2) is 4.79 Å². The molecule has 0 radical (unpaired) electrons. The van der Waals surface area contributed by atoms with Crippen LogP contribution in [0.5, 0.6) is 0 Å². The molecule has 0 unspecified atom stereocenters. The summed E-state index contributed by atoms with van der Waals surface area (Å²) < 4.78 is 25.6. The maximum absolute atomic E-state index is 11.3. The second-order valence-corrected chi connectivity index (χ2v) is 5.88. The lowest BCUT2D eigenvalue weighted by Gasteiger charge is -2.18. The van der Waals surface area contributed by atoms with E-state index in [1.54, 1.807) is 7.11 Å². The minimum absolute atomic E-state index is 0.0418. The Bertz CT molecular complexity index is 267. The Morgan fingerprint density at radius 3 is 1.73 bits per heavy atom. The molecule has 132 valence electrons. The fourth-order valence-electron chi connectivity index (χ4n) is 1.27. The zero-order valence-corrected chi connectivity index (χ0v) is 14.3. The molecule has 0 aromatic heterocycles. The third kappa shape index (κ3) is 17.2. The van der Waals surface area contributed by atoms with Crippen LogP contribution in [-0.4, -0.2) is 72.6 Å². The molecular formula is C15H31NO6. The maximum atomic E-state index is 11.3. The van der Waals surface area contributed by atoms with Crippen molar-refractivity contribution in [1.29, 1.82) is 0 Å². The number of hydrogen-bond donors (Lipinski definition) is 1. The van der Waals surface area contributed by atoms with Crippen LogP contribution >= 0.6 is 0 Å². The van der Waals surface area contributed by atoms with E-state index in [4.69, 9.17) is 23.7 Å². The van der Waals surface area contributed by atoms with Crippen LogP contribution in [0.3, 0.4) is 0 Å². The molecule has 0 aliphatic heterocycles.